The fourth-order valence-corrected chi connectivity index (χ4v) is 1.37. The van der Waals surface area contributed by atoms with E-state index in [1.807, 2.05) is 6.92 Å². The minimum absolute atomic E-state index is 0.286. The molecule has 0 radical (unpaired) electrons. The molecule has 0 aliphatic heterocycles. The summed E-state index contributed by atoms with van der Waals surface area (Å²) in [6, 6.07) is 0. The van der Waals surface area contributed by atoms with Crippen molar-refractivity contribution >= 4 is 11.6 Å². The summed E-state index contributed by atoms with van der Waals surface area (Å²) in [4.78, 5) is 0. The number of quaternary nitrogens is 1. The zero-order valence-electron chi connectivity index (χ0n) is 10.0. The predicted molar refractivity (Wildman–Crippen MR) is 64.2 cm³/mol. The van der Waals surface area contributed by atoms with Gasteiger partial charge >= 0.3 is 0 Å². The Morgan fingerprint density at radius 2 is 2.13 bits per heavy atom. The van der Waals surface area contributed by atoms with E-state index in [1.165, 1.54) is 0 Å². The molecular weight excluding hydrogens is 214 g/mol. The molecule has 0 aliphatic carbocycles. The normalized spacial score (nSPS) is 13.9. The highest BCUT2D eigenvalue weighted by atomic mass is 35.5. The lowest BCUT2D eigenvalue weighted by molar-refractivity contribution is -0.893. The Balaban J connectivity index is 3.68. The van der Waals surface area contributed by atoms with Crippen LogP contribution in [0, 0.1) is 0 Å². The van der Waals surface area contributed by atoms with Crippen LogP contribution >= 0.6 is 11.6 Å². The minimum atomic E-state index is -0.442. The Morgan fingerprint density at radius 1 is 1.53 bits per heavy atom. The highest BCUT2D eigenvalue weighted by Gasteiger charge is 2.19. The molecule has 0 saturated carbocycles. The summed E-state index contributed by atoms with van der Waals surface area (Å²) >= 11 is 5.56. The number of hydrogen-bond donors (Lipinski definition) is 1. The van der Waals surface area contributed by atoms with Crippen LogP contribution in [0.5, 0.6) is 0 Å². The molecule has 0 aromatic heterocycles. The van der Waals surface area contributed by atoms with Gasteiger partial charge in [0.15, 0.2) is 0 Å². The van der Waals surface area contributed by atoms with Crippen LogP contribution in [0.15, 0.2) is 12.2 Å². The van der Waals surface area contributed by atoms with Crippen LogP contribution < -0.4 is 0 Å². The summed E-state index contributed by atoms with van der Waals surface area (Å²) in [5, 5.41) is 9.44. The van der Waals surface area contributed by atoms with Gasteiger partial charge in [0.25, 0.3) is 0 Å². The van der Waals surface area contributed by atoms with Crippen LogP contribution in [0.25, 0.3) is 0 Å². The third-order valence-corrected chi connectivity index (χ3v) is 2.43. The summed E-state index contributed by atoms with van der Waals surface area (Å²) in [5.41, 5.74) is 1.03. The maximum atomic E-state index is 9.44. The van der Waals surface area contributed by atoms with Gasteiger partial charge in [-0.2, -0.15) is 0 Å². The molecule has 0 heterocycles. The summed E-state index contributed by atoms with van der Waals surface area (Å²) in [6.45, 7) is 8.50. The van der Waals surface area contributed by atoms with E-state index in [9.17, 15) is 5.11 Å². The van der Waals surface area contributed by atoms with Crippen LogP contribution in [0.2, 0.25) is 0 Å². The highest BCUT2D eigenvalue weighted by Crippen LogP contribution is 2.01. The molecule has 3 nitrogen and oxygen atoms in total. The number of halogens is 1. The molecule has 0 fully saturated rings. The number of aliphatic hydroxyl groups is 1. The molecule has 0 bridgehead atoms. The van der Waals surface area contributed by atoms with E-state index in [2.05, 4.69) is 20.7 Å². The molecule has 1 unspecified atom stereocenters. The SMILES string of the molecule is C=C(C)COCC[N+](C)(C)CC(O)CCl. The number of aliphatic hydroxyl groups excluding tert-OH is 1. The second kappa shape index (κ2) is 7.23. The van der Waals surface area contributed by atoms with Crippen LogP contribution in [-0.4, -0.2) is 62.0 Å². The molecule has 90 valence electrons. The second-order valence-electron chi connectivity index (χ2n) is 4.66. The van der Waals surface area contributed by atoms with Crippen LogP contribution in [0.1, 0.15) is 6.92 Å². The van der Waals surface area contributed by atoms with Gasteiger partial charge in [-0.05, 0) is 6.92 Å². The first-order valence-electron chi connectivity index (χ1n) is 5.15. The van der Waals surface area contributed by atoms with Crippen LogP contribution in [0.4, 0.5) is 0 Å². The summed E-state index contributed by atoms with van der Waals surface area (Å²) in [5.74, 6) is 0.286. The largest absolute Gasteiger partial charge is 0.386 e. The third kappa shape index (κ3) is 8.88. The molecule has 0 saturated heterocycles. The lowest BCUT2D eigenvalue weighted by atomic mass is 10.3. The number of hydrogen-bond acceptors (Lipinski definition) is 2. The Kier molecular flexibility index (Phi) is 7.18. The lowest BCUT2D eigenvalue weighted by Gasteiger charge is -2.31. The van der Waals surface area contributed by atoms with E-state index in [0.29, 0.717) is 24.2 Å². The van der Waals surface area contributed by atoms with E-state index >= 15 is 0 Å². The monoisotopic (exact) mass is 236 g/mol. The third-order valence-electron chi connectivity index (χ3n) is 2.07. The van der Waals surface area contributed by atoms with Gasteiger partial charge < -0.3 is 14.3 Å². The van der Waals surface area contributed by atoms with E-state index in [4.69, 9.17) is 16.3 Å². The van der Waals surface area contributed by atoms with Crippen LogP contribution in [0.3, 0.4) is 0 Å². The summed E-state index contributed by atoms with van der Waals surface area (Å²) in [6.07, 6.45) is -0.442. The molecule has 0 spiro atoms. The minimum Gasteiger partial charge on any atom is -0.386 e. The van der Waals surface area contributed by atoms with E-state index in [0.717, 1.165) is 12.1 Å². The smallest absolute Gasteiger partial charge is 0.116 e. The fourth-order valence-electron chi connectivity index (χ4n) is 1.27. The van der Waals surface area contributed by atoms with Crippen LogP contribution in [-0.2, 0) is 4.74 Å². The summed E-state index contributed by atoms with van der Waals surface area (Å²) in [7, 11) is 4.11. The molecule has 1 atom stereocenters. The number of alkyl halides is 1. The number of likely N-dealkylation sites (N-methyl/N-ethyl adjacent to an activating group) is 1. The molecule has 4 heteroatoms. The first-order chi connectivity index (χ1) is 6.87. The predicted octanol–water partition coefficient (Wildman–Crippen LogP) is 1.26. The van der Waals surface area contributed by atoms with Crippen molar-refractivity contribution in [3.05, 3.63) is 12.2 Å². The van der Waals surface area contributed by atoms with Crippen molar-refractivity contribution in [2.45, 2.75) is 13.0 Å². The van der Waals surface area contributed by atoms with Gasteiger partial charge in [0.1, 0.15) is 19.2 Å². The van der Waals surface area contributed by atoms with E-state index < -0.39 is 6.10 Å². The van der Waals surface area contributed by atoms with Gasteiger partial charge in [-0.15, -0.1) is 11.6 Å². The van der Waals surface area contributed by atoms with Crippen molar-refractivity contribution in [1.29, 1.82) is 0 Å². The highest BCUT2D eigenvalue weighted by molar-refractivity contribution is 6.18. The first kappa shape index (κ1) is 14.9. The van der Waals surface area contributed by atoms with Gasteiger partial charge in [0, 0.05) is 0 Å². The maximum absolute atomic E-state index is 9.44. The Morgan fingerprint density at radius 3 is 2.60 bits per heavy atom. The Hall–Kier alpha value is -0.0900. The van der Waals surface area contributed by atoms with Crippen molar-refractivity contribution < 1.29 is 14.3 Å². The van der Waals surface area contributed by atoms with Gasteiger partial charge in [-0.25, -0.2) is 0 Å². The molecule has 1 N–H and O–H groups in total. The van der Waals surface area contributed by atoms with Crippen molar-refractivity contribution in [2.24, 2.45) is 0 Å². The topological polar surface area (TPSA) is 29.5 Å². The number of nitrogens with zero attached hydrogens (tertiary/aromatic N) is 1. The van der Waals surface area contributed by atoms with Gasteiger partial charge in [0.2, 0.25) is 0 Å². The Labute approximate surface area is 97.9 Å². The summed E-state index contributed by atoms with van der Waals surface area (Å²) < 4.78 is 6.13. The van der Waals surface area contributed by atoms with E-state index in [-0.39, 0.29) is 5.88 Å². The first-order valence-corrected chi connectivity index (χ1v) is 5.69. The van der Waals surface area contributed by atoms with E-state index in [1.54, 1.807) is 0 Å². The molecule has 15 heavy (non-hydrogen) atoms. The average Bonchev–Trinajstić information content (AvgIpc) is 2.11. The number of rotatable bonds is 8. The molecule has 0 rings (SSSR count). The van der Waals surface area contributed by atoms with Crippen molar-refractivity contribution in [1.82, 2.24) is 0 Å². The van der Waals surface area contributed by atoms with Gasteiger partial charge in [0.05, 0.1) is 33.2 Å². The fraction of sp³-hybridized carbons (Fsp3) is 0.818. The van der Waals surface area contributed by atoms with Crippen molar-refractivity contribution in [2.75, 3.05) is 46.3 Å². The number of ether oxygens (including phenoxy) is 1. The lowest BCUT2D eigenvalue weighted by Crippen LogP contribution is -2.47. The Bertz CT molecular complexity index is 195. The maximum Gasteiger partial charge on any atom is 0.116 e. The second-order valence-corrected chi connectivity index (χ2v) is 4.97. The standard InChI is InChI=1S/C11H23ClNO2/c1-10(2)9-15-6-5-13(3,4)8-11(14)7-12/h11,14H,1,5-9H2,2-4H3/q+1. The molecule has 0 aromatic carbocycles. The van der Waals surface area contributed by atoms with Crippen molar-refractivity contribution in [3.63, 3.8) is 0 Å². The zero-order valence-corrected chi connectivity index (χ0v) is 10.8. The molecule has 0 aliphatic rings. The molecule has 0 amide bonds. The molecular formula is C11H23ClNO2+. The van der Waals surface area contributed by atoms with Gasteiger partial charge in [-0.3, -0.25) is 0 Å². The molecule has 0 aromatic rings. The zero-order chi connectivity index (χ0) is 11.9. The van der Waals surface area contributed by atoms with Crippen molar-refractivity contribution in [3.8, 4) is 0 Å². The quantitative estimate of drug-likeness (QED) is 0.298. The average molecular weight is 237 g/mol. The van der Waals surface area contributed by atoms with Gasteiger partial charge in [-0.1, -0.05) is 12.2 Å².